The third-order valence-electron chi connectivity index (χ3n) is 5.83. The van der Waals surface area contributed by atoms with E-state index in [9.17, 15) is 9.59 Å². The van der Waals surface area contributed by atoms with Crippen LogP contribution in [-0.4, -0.2) is 35.6 Å². The van der Waals surface area contributed by atoms with Gasteiger partial charge in [-0.05, 0) is 62.4 Å². The number of carbonyl (C=O) groups excluding carboxylic acids is 2. The van der Waals surface area contributed by atoms with Crippen LogP contribution in [-0.2, 0) is 22.6 Å². The van der Waals surface area contributed by atoms with E-state index >= 15 is 0 Å². The summed E-state index contributed by atoms with van der Waals surface area (Å²) in [6.45, 7) is 8.45. The summed E-state index contributed by atoms with van der Waals surface area (Å²) in [7, 11) is 0. The molecule has 31 heavy (non-hydrogen) atoms. The summed E-state index contributed by atoms with van der Waals surface area (Å²) in [5.41, 5.74) is 3.15. The molecule has 1 aliphatic rings. The highest BCUT2D eigenvalue weighted by molar-refractivity contribution is 5.87. The number of carbonyl (C=O) groups is 2. The van der Waals surface area contributed by atoms with E-state index in [1.807, 2.05) is 63.2 Å². The van der Waals surface area contributed by atoms with E-state index in [0.717, 1.165) is 28.9 Å². The molecule has 0 aliphatic carbocycles. The zero-order chi connectivity index (χ0) is 22.4. The number of nitrogens with one attached hydrogen (secondary N) is 1. The Labute approximate surface area is 184 Å². The van der Waals surface area contributed by atoms with Crippen LogP contribution in [0.3, 0.4) is 0 Å². The first-order valence-electron chi connectivity index (χ1n) is 10.9. The van der Waals surface area contributed by atoms with Crippen molar-refractivity contribution in [2.75, 3.05) is 6.79 Å². The summed E-state index contributed by atoms with van der Waals surface area (Å²) in [6.07, 6.45) is 1.72. The first kappa shape index (κ1) is 22.7. The number of amides is 2. The second-order valence-electron chi connectivity index (χ2n) is 8.13. The Balaban J connectivity index is 1.73. The van der Waals surface area contributed by atoms with Crippen molar-refractivity contribution in [1.82, 2.24) is 10.2 Å². The third kappa shape index (κ3) is 5.78. The molecule has 0 radical (unpaired) electrons. The molecule has 2 aromatic rings. The minimum Gasteiger partial charge on any atom is -0.454 e. The second-order valence-corrected chi connectivity index (χ2v) is 8.13. The number of nitrogens with zero attached hydrogens (tertiary/aromatic N) is 1. The number of aryl methyl sites for hydroxylation is 2. The highest BCUT2D eigenvalue weighted by atomic mass is 16.7. The number of ether oxygens (including phenoxy) is 2. The monoisotopic (exact) mass is 424 g/mol. The summed E-state index contributed by atoms with van der Waals surface area (Å²) in [5.74, 6) is 1.27. The van der Waals surface area contributed by atoms with Crippen LogP contribution in [0.4, 0.5) is 0 Å². The van der Waals surface area contributed by atoms with Crippen molar-refractivity contribution in [3.63, 3.8) is 0 Å². The van der Waals surface area contributed by atoms with Gasteiger partial charge in [0, 0.05) is 19.0 Å². The quantitative estimate of drug-likeness (QED) is 0.661. The maximum absolute atomic E-state index is 13.3. The fourth-order valence-corrected chi connectivity index (χ4v) is 3.51. The number of hydrogen-bond acceptors (Lipinski definition) is 4. The first-order chi connectivity index (χ1) is 14.9. The van der Waals surface area contributed by atoms with Crippen molar-refractivity contribution in [3.05, 3.63) is 59.2 Å². The van der Waals surface area contributed by atoms with Gasteiger partial charge in [-0.15, -0.1) is 0 Å². The molecule has 2 amide bonds. The molecule has 2 atom stereocenters. The molecule has 1 heterocycles. The van der Waals surface area contributed by atoms with E-state index in [0.29, 0.717) is 25.1 Å². The van der Waals surface area contributed by atoms with Gasteiger partial charge in [0.2, 0.25) is 18.6 Å². The fourth-order valence-electron chi connectivity index (χ4n) is 3.51. The summed E-state index contributed by atoms with van der Waals surface area (Å²) in [6, 6.07) is 13.2. The summed E-state index contributed by atoms with van der Waals surface area (Å²) in [5, 5.41) is 3.00. The predicted molar refractivity (Wildman–Crippen MR) is 120 cm³/mol. The van der Waals surface area contributed by atoms with E-state index in [-0.39, 0.29) is 24.6 Å². The lowest BCUT2D eigenvalue weighted by atomic mass is 10.0. The fraction of sp³-hybridized carbons (Fsp3) is 0.440. The smallest absolute Gasteiger partial charge is 0.242 e. The van der Waals surface area contributed by atoms with E-state index < -0.39 is 6.04 Å². The predicted octanol–water partition coefficient (Wildman–Crippen LogP) is 3.99. The van der Waals surface area contributed by atoms with Crippen molar-refractivity contribution in [2.45, 2.75) is 65.6 Å². The Morgan fingerprint density at radius 2 is 1.84 bits per heavy atom. The SMILES string of the molecule is CC[C@H](C)NC(=O)[C@H](C)N(Cc1ccccc1C)C(=O)CCc1ccc2c(c1)OCO2. The highest BCUT2D eigenvalue weighted by Gasteiger charge is 2.27. The normalized spacial score (nSPS) is 14.1. The van der Waals surface area contributed by atoms with Gasteiger partial charge < -0.3 is 19.7 Å². The average Bonchev–Trinajstić information content (AvgIpc) is 3.24. The number of hydrogen-bond donors (Lipinski definition) is 1. The Morgan fingerprint density at radius 1 is 1.10 bits per heavy atom. The van der Waals surface area contributed by atoms with E-state index in [1.165, 1.54) is 0 Å². The molecule has 166 valence electrons. The molecule has 2 aromatic carbocycles. The molecule has 1 N–H and O–H groups in total. The van der Waals surface area contributed by atoms with Gasteiger partial charge in [-0.3, -0.25) is 9.59 Å². The maximum Gasteiger partial charge on any atom is 0.242 e. The van der Waals surface area contributed by atoms with Crippen LogP contribution in [0.2, 0.25) is 0 Å². The molecule has 3 rings (SSSR count). The van der Waals surface area contributed by atoms with Crippen LogP contribution < -0.4 is 14.8 Å². The topological polar surface area (TPSA) is 67.9 Å². The number of benzene rings is 2. The zero-order valence-corrected chi connectivity index (χ0v) is 18.8. The highest BCUT2D eigenvalue weighted by Crippen LogP contribution is 2.32. The van der Waals surface area contributed by atoms with E-state index in [1.54, 1.807) is 11.8 Å². The van der Waals surface area contributed by atoms with Crippen LogP contribution in [0.5, 0.6) is 11.5 Å². The summed E-state index contributed by atoms with van der Waals surface area (Å²) < 4.78 is 10.8. The molecule has 0 bridgehead atoms. The van der Waals surface area contributed by atoms with Crippen molar-refractivity contribution < 1.29 is 19.1 Å². The Hall–Kier alpha value is -3.02. The Kier molecular flexibility index (Phi) is 7.55. The molecule has 0 aromatic heterocycles. The molecule has 0 fully saturated rings. The maximum atomic E-state index is 13.3. The van der Waals surface area contributed by atoms with Crippen molar-refractivity contribution in [2.24, 2.45) is 0 Å². The lowest BCUT2D eigenvalue weighted by molar-refractivity contribution is -0.140. The summed E-state index contributed by atoms with van der Waals surface area (Å²) in [4.78, 5) is 27.7. The molecule has 0 spiro atoms. The van der Waals surface area contributed by atoms with Crippen molar-refractivity contribution in [3.8, 4) is 11.5 Å². The van der Waals surface area contributed by atoms with E-state index in [4.69, 9.17) is 9.47 Å². The minimum atomic E-state index is -0.558. The average molecular weight is 425 g/mol. The molecule has 6 heteroatoms. The first-order valence-corrected chi connectivity index (χ1v) is 10.9. The van der Waals surface area contributed by atoms with Gasteiger partial charge in [-0.25, -0.2) is 0 Å². The van der Waals surface area contributed by atoms with Gasteiger partial charge in [0.15, 0.2) is 11.5 Å². The van der Waals surface area contributed by atoms with Crippen LogP contribution in [0.1, 0.15) is 50.3 Å². The largest absolute Gasteiger partial charge is 0.454 e. The molecule has 0 saturated heterocycles. The van der Waals surface area contributed by atoms with Gasteiger partial charge in [0.25, 0.3) is 0 Å². The van der Waals surface area contributed by atoms with Crippen LogP contribution in [0.25, 0.3) is 0 Å². The molecule has 0 saturated carbocycles. The standard InChI is InChI=1S/C25H32N2O4/c1-5-18(3)26-25(29)19(4)27(15-21-9-7-6-8-17(21)2)24(28)13-11-20-10-12-22-23(14-20)31-16-30-22/h6-10,12,14,18-19H,5,11,13,15-16H2,1-4H3,(H,26,29)/t18-,19-/m0/s1. The Morgan fingerprint density at radius 3 is 2.58 bits per heavy atom. The van der Waals surface area contributed by atoms with Gasteiger partial charge in [0.05, 0.1) is 0 Å². The van der Waals surface area contributed by atoms with Gasteiger partial charge >= 0.3 is 0 Å². The minimum absolute atomic E-state index is 0.0484. The number of fused-ring (bicyclic) bond motifs is 1. The van der Waals surface area contributed by atoms with Gasteiger partial charge in [-0.1, -0.05) is 37.3 Å². The van der Waals surface area contributed by atoms with Crippen LogP contribution in [0.15, 0.2) is 42.5 Å². The Bertz CT molecular complexity index is 927. The van der Waals surface area contributed by atoms with Crippen LogP contribution >= 0.6 is 0 Å². The van der Waals surface area contributed by atoms with Crippen molar-refractivity contribution in [1.29, 1.82) is 0 Å². The molecular weight excluding hydrogens is 392 g/mol. The molecular formula is C25H32N2O4. The zero-order valence-electron chi connectivity index (χ0n) is 18.8. The van der Waals surface area contributed by atoms with E-state index in [2.05, 4.69) is 5.32 Å². The van der Waals surface area contributed by atoms with Gasteiger partial charge in [-0.2, -0.15) is 0 Å². The number of rotatable bonds is 9. The molecule has 6 nitrogen and oxygen atoms in total. The lowest BCUT2D eigenvalue weighted by Crippen LogP contribution is -2.49. The lowest BCUT2D eigenvalue weighted by Gasteiger charge is -2.30. The van der Waals surface area contributed by atoms with Crippen LogP contribution in [0, 0.1) is 6.92 Å². The third-order valence-corrected chi connectivity index (χ3v) is 5.83. The second kappa shape index (κ2) is 10.3. The summed E-state index contributed by atoms with van der Waals surface area (Å²) >= 11 is 0. The molecule has 0 unspecified atom stereocenters. The van der Waals surface area contributed by atoms with Gasteiger partial charge in [0.1, 0.15) is 6.04 Å². The molecule has 1 aliphatic heterocycles. The van der Waals surface area contributed by atoms with Crippen molar-refractivity contribution >= 4 is 11.8 Å².